The number of ether oxygens (including phenoxy) is 1. The molecule has 2 saturated heterocycles. The van der Waals surface area contributed by atoms with Crippen LogP contribution in [-0.2, 0) is 14.9 Å². The van der Waals surface area contributed by atoms with Crippen molar-refractivity contribution in [3.8, 4) is 0 Å². The number of hydrogen-bond donors (Lipinski definition) is 1. The molecule has 2 atom stereocenters. The molecule has 5 rings (SSSR count). The van der Waals surface area contributed by atoms with Crippen molar-refractivity contribution < 1.29 is 9.53 Å². The van der Waals surface area contributed by atoms with Gasteiger partial charge < -0.3 is 10.1 Å². The van der Waals surface area contributed by atoms with Crippen molar-refractivity contribution in [2.45, 2.75) is 63.7 Å². The van der Waals surface area contributed by atoms with E-state index in [1.54, 1.807) is 5.57 Å². The minimum absolute atomic E-state index is 0.0114. The molecule has 4 nitrogen and oxygen atoms in total. The largest absolute Gasteiger partial charge is 0.381 e. The molecule has 4 aliphatic rings. The molecule has 1 amide bonds. The minimum atomic E-state index is 0.0114. The first-order valence-corrected chi connectivity index (χ1v) is 13.5. The number of nitrogens with zero attached hydrogens (tertiary/aromatic N) is 1. The van der Waals surface area contributed by atoms with Crippen LogP contribution in [0.15, 0.2) is 54.1 Å². The van der Waals surface area contributed by atoms with E-state index < -0.39 is 0 Å². The quantitative estimate of drug-likeness (QED) is 0.562. The highest BCUT2D eigenvalue weighted by Crippen LogP contribution is 2.59. The second-order valence-electron chi connectivity index (χ2n) is 11.6. The molecule has 1 aromatic rings. The molecule has 0 radical (unpaired) electrons. The maximum atomic E-state index is 13.2. The van der Waals surface area contributed by atoms with E-state index in [2.05, 4.69) is 60.1 Å². The van der Waals surface area contributed by atoms with E-state index in [9.17, 15) is 4.79 Å². The van der Waals surface area contributed by atoms with Gasteiger partial charge in [-0.05, 0) is 88.3 Å². The van der Waals surface area contributed by atoms with E-state index in [4.69, 9.17) is 4.74 Å². The van der Waals surface area contributed by atoms with Gasteiger partial charge in [0.2, 0.25) is 5.91 Å². The van der Waals surface area contributed by atoms with Crippen molar-refractivity contribution in [3.63, 3.8) is 0 Å². The van der Waals surface area contributed by atoms with E-state index in [-0.39, 0.29) is 22.7 Å². The summed E-state index contributed by atoms with van der Waals surface area (Å²) >= 11 is 0. The molecular formula is C30H42N2O2. The Hall–Kier alpha value is -1.91. The number of amides is 1. The Labute approximate surface area is 205 Å². The molecule has 3 fully saturated rings. The summed E-state index contributed by atoms with van der Waals surface area (Å²) in [4.78, 5) is 15.8. The molecule has 1 N–H and O–H groups in total. The second kappa shape index (κ2) is 9.99. The van der Waals surface area contributed by atoms with Gasteiger partial charge in [-0.15, -0.1) is 0 Å². The normalized spacial score (nSPS) is 28.2. The van der Waals surface area contributed by atoms with Gasteiger partial charge in [-0.25, -0.2) is 0 Å². The Morgan fingerprint density at radius 1 is 1.15 bits per heavy atom. The molecule has 34 heavy (non-hydrogen) atoms. The van der Waals surface area contributed by atoms with E-state index in [0.717, 1.165) is 58.7 Å². The predicted molar refractivity (Wildman–Crippen MR) is 138 cm³/mol. The van der Waals surface area contributed by atoms with Crippen molar-refractivity contribution in [2.24, 2.45) is 17.3 Å². The number of piperidine rings is 1. The Morgan fingerprint density at radius 3 is 2.53 bits per heavy atom. The zero-order valence-corrected chi connectivity index (χ0v) is 21.0. The molecule has 2 aliphatic heterocycles. The summed E-state index contributed by atoms with van der Waals surface area (Å²) in [7, 11) is 0. The Kier molecular flexibility index (Phi) is 7.00. The first kappa shape index (κ1) is 23.8. The van der Waals surface area contributed by atoms with E-state index >= 15 is 0 Å². The van der Waals surface area contributed by atoms with Crippen molar-refractivity contribution >= 4 is 5.91 Å². The summed E-state index contributed by atoms with van der Waals surface area (Å²) < 4.78 is 5.66. The fourth-order valence-corrected chi connectivity index (χ4v) is 6.70. The summed E-state index contributed by atoms with van der Waals surface area (Å²) in [5.41, 5.74) is 4.56. The van der Waals surface area contributed by atoms with Gasteiger partial charge in [0.25, 0.3) is 0 Å². The highest BCUT2D eigenvalue weighted by Gasteiger charge is 2.58. The monoisotopic (exact) mass is 462 g/mol. The van der Waals surface area contributed by atoms with E-state index in [0.29, 0.717) is 5.92 Å². The molecule has 2 aliphatic carbocycles. The number of carbonyl (C=O) groups excluding carboxylic acids is 1. The predicted octanol–water partition coefficient (Wildman–Crippen LogP) is 5.26. The Bertz CT molecular complexity index is 907. The van der Waals surface area contributed by atoms with Crippen LogP contribution in [0, 0.1) is 17.3 Å². The molecule has 0 aromatic heterocycles. The van der Waals surface area contributed by atoms with Crippen LogP contribution in [0.5, 0.6) is 0 Å². The maximum Gasteiger partial charge on any atom is 0.223 e. The number of carbonyl (C=O) groups is 1. The van der Waals surface area contributed by atoms with Crippen molar-refractivity contribution in [3.05, 3.63) is 59.7 Å². The van der Waals surface area contributed by atoms with Gasteiger partial charge in [-0.3, -0.25) is 9.69 Å². The molecule has 2 heterocycles. The van der Waals surface area contributed by atoms with Gasteiger partial charge in [0, 0.05) is 37.6 Å². The van der Waals surface area contributed by atoms with Crippen LogP contribution in [0.1, 0.15) is 63.9 Å². The van der Waals surface area contributed by atoms with Gasteiger partial charge in [-0.1, -0.05) is 54.1 Å². The van der Waals surface area contributed by atoms with Crippen LogP contribution in [0.4, 0.5) is 0 Å². The van der Waals surface area contributed by atoms with E-state index in [1.165, 1.54) is 43.2 Å². The van der Waals surface area contributed by atoms with Gasteiger partial charge in [0.1, 0.15) is 0 Å². The summed E-state index contributed by atoms with van der Waals surface area (Å²) in [6.45, 7) is 12.0. The first-order valence-electron chi connectivity index (χ1n) is 13.5. The second-order valence-corrected chi connectivity index (χ2v) is 11.6. The molecule has 0 unspecified atom stereocenters. The number of nitrogens with one attached hydrogen (secondary N) is 1. The highest BCUT2D eigenvalue weighted by atomic mass is 16.5. The number of likely N-dealkylation sites (tertiary alicyclic amines) is 1. The average molecular weight is 463 g/mol. The van der Waals surface area contributed by atoms with Crippen LogP contribution in [0.2, 0.25) is 0 Å². The van der Waals surface area contributed by atoms with Crippen molar-refractivity contribution in [2.75, 3.05) is 39.4 Å². The average Bonchev–Trinajstić information content (AvgIpc) is 3.59. The molecule has 1 spiro atoms. The number of rotatable bonds is 7. The van der Waals surface area contributed by atoms with Gasteiger partial charge in [-0.2, -0.15) is 0 Å². The zero-order chi connectivity index (χ0) is 23.6. The van der Waals surface area contributed by atoms with E-state index in [1.807, 2.05) is 0 Å². The number of allylic oxidation sites excluding steroid dienone is 2. The molecule has 1 saturated carbocycles. The lowest BCUT2D eigenvalue weighted by Gasteiger charge is -2.38. The summed E-state index contributed by atoms with van der Waals surface area (Å²) in [5.74, 6) is 1.19. The van der Waals surface area contributed by atoms with Gasteiger partial charge in [0.15, 0.2) is 0 Å². The molecule has 0 bridgehead atoms. The third kappa shape index (κ3) is 5.04. The highest BCUT2D eigenvalue weighted by molar-refractivity contribution is 5.82. The molecule has 4 heteroatoms. The van der Waals surface area contributed by atoms with Crippen LogP contribution >= 0.6 is 0 Å². The lowest BCUT2D eigenvalue weighted by atomic mass is 9.74. The summed E-state index contributed by atoms with van der Waals surface area (Å²) in [6.07, 6.45) is 11.5. The molecule has 184 valence electrons. The lowest BCUT2D eigenvalue weighted by Crippen LogP contribution is -2.45. The minimum Gasteiger partial charge on any atom is -0.381 e. The van der Waals surface area contributed by atoms with Gasteiger partial charge >= 0.3 is 0 Å². The summed E-state index contributed by atoms with van der Waals surface area (Å²) in [5, 5.41) is 3.39. The van der Waals surface area contributed by atoms with Crippen LogP contribution in [0.3, 0.4) is 0 Å². The number of hydrogen-bond acceptors (Lipinski definition) is 3. The van der Waals surface area contributed by atoms with Crippen LogP contribution < -0.4 is 5.32 Å². The Morgan fingerprint density at radius 2 is 1.88 bits per heavy atom. The standard InChI is InChI=1S/C30H42N2O2/c1-23(2)25-10-8-24(9-11-25)21-32-16-12-29(13-17-32)20-27(29)28(33)31-22-30(14-18-34-19-15-30)26-6-4-3-5-7-26/h3-8,25,27H,1,9-22H2,2H3,(H,31,33)/t25-,27+/m1/s1. The smallest absolute Gasteiger partial charge is 0.223 e. The van der Waals surface area contributed by atoms with Crippen LogP contribution in [-0.4, -0.2) is 50.2 Å². The third-order valence-corrected chi connectivity index (χ3v) is 9.42. The fourth-order valence-electron chi connectivity index (χ4n) is 6.70. The SMILES string of the molecule is C=C(C)[C@@H]1CC=C(CN2CCC3(CC2)C[C@H]3C(=O)NCC2(c3ccccc3)CCOCC2)CC1. The Balaban J connectivity index is 1.11. The summed E-state index contributed by atoms with van der Waals surface area (Å²) in [6, 6.07) is 10.7. The fraction of sp³-hybridized carbons (Fsp3) is 0.633. The zero-order valence-electron chi connectivity index (χ0n) is 21.0. The van der Waals surface area contributed by atoms with Crippen LogP contribution in [0.25, 0.3) is 0 Å². The molecular weight excluding hydrogens is 420 g/mol. The topological polar surface area (TPSA) is 41.6 Å². The lowest BCUT2D eigenvalue weighted by molar-refractivity contribution is -0.123. The molecule has 1 aromatic carbocycles. The van der Waals surface area contributed by atoms with Crippen molar-refractivity contribution in [1.82, 2.24) is 10.2 Å². The third-order valence-electron chi connectivity index (χ3n) is 9.42. The maximum absolute atomic E-state index is 13.2. The first-order chi connectivity index (χ1) is 16.5. The van der Waals surface area contributed by atoms with Gasteiger partial charge in [0.05, 0.1) is 0 Å². The van der Waals surface area contributed by atoms with Crippen molar-refractivity contribution in [1.29, 1.82) is 0 Å². The number of benzene rings is 1.